The van der Waals surface area contributed by atoms with Gasteiger partial charge in [-0.15, -0.1) is 0 Å². The lowest BCUT2D eigenvalue weighted by Gasteiger charge is -2.24. The van der Waals surface area contributed by atoms with Crippen molar-refractivity contribution in [3.63, 3.8) is 0 Å². The van der Waals surface area contributed by atoms with Crippen LogP contribution in [-0.4, -0.2) is 40.2 Å². The molecule has 5 heteroatoms. The van der Waals surface area contributed by atoms with Crippen molar-refractivity contribution in [2.75, 3.05) is 26.9 Å². The van der Waals surface area contributed by atoms with E-state index >= 15 is 0 Å². The number of likely N-dealkylation sites (N-methyl/N-ethyl adjacent to an activating group) is 1. The van der Waals surface area contributed by atoms with E-state index in [4.69, 9.17) is 0 Å². The number of nitrogens with one attached hydrogen (secondary N) is 1. The molecule has 0 fully saturated rings. The summed E-state index contributed by atoms with van der Waals surface area (Å²) in [6.45, 7) is 0.385. The SMILES string of the molecule is CN(C)C(CNS(C)(=O)=O)c1ccccc1. The molecule has 0 spiro atoms. The highest BCUT2D eigenvalue weighted by Crippen LogP contribution is 2.16. The summed E-state index contributed by atoms with van der Waals surface area (Å²) in [5.74, 6) is 0. The predicted molar refractivity (Wildman–Crippen MR) is 65.7 cm³/mol. The average molecular weight is 242 g/mol. The molecule has 0 saturated carbocycles. The first kappa shape index (κ1) is 13.2. The quantitative estimate of drug-likeness (QED) is 0.832. The fourth-order valence-corrected chi connectivity index (χ4v) is 1.96. The zero-order valence-electron chi connectivity index (χ0n) is 9.84. The maximum Gasteiger partial charge on any atom is 0.208 e. The molecule has 0 heterocycles. The largest absolute Gasteiger partial charge is 0.301 e. The lowest BCUT2D eigenvalue weighted by Crippen LogP contribution is -2.33. The summed E-state index contributed by atoms with van der Waals surface area (Å²) in [6, 6.07) is 9.89. The Balaban J connectivity index is 2.77. The zero-order chi connectivity index (χ0) is 12.2. The van der Waals surface area contributed by atoms with Gasteiger partial charge in [0.15, 0.2) is 0 Å². The van der Waals surface area contributed by atoms with Gasteiger partial charge in [0.1, 0.15) is 0 Å². The Hall–Kier alpha value is -0.910. The molecule has 1 rings (SSSR count). The average Bonchev–Trinajstić information content (AvgIpc) is 2.17. The highest BCUT2D eigenvalue weighted by molar-refractivity contribution is 7.88. The normalized spacial score (nSPS) is 14.0. The predicted octanol–water partition coefficient (Wildman–Crippen LogP) is 0.839. The lowest BCUT2D eigenvalue weighted by molar-refractivity contribution is 0.299. The van der Waals surface area contributed by atoms with Crippen LogP contribution in [0.4, 0.5) is 0 Å². The van der Waals surface area contributed by atoms with Crippen LogP contribution in [-0.2, 0) is 10.0 Å². The van der Waals surface area contributed by atoms with Gasteiger partial charge in [0.05, 0.1) is 6.26 Å². The summed E-state index contributed by atoms with van der Waals surface area (Å²) >= 11 is 0. The van der Waals surface area contributed by atoms with Gasteiger partial charge in [-0.1, -0.05) is 30.3 Å². The van der Waals surface area contributed by atoms with E-state index in [-0.39, 0.29) is 6.04 Å². The summed E-state index contributed by atoms with van der Waals surface area (Å²) in [5.41, 5.74) is 1.10. The summed E-state index contributed by atoms with van der Waals surface area (Å²) in [6.07, 6.45) is 1.17. The van der Waals surface area contributed by atoms with Crippen LogP contribution in [0.3, 0.4) is 0 Å². The van der Waals surface area contributed by atoms with Crippen molar-refractivity contribution in [2.24, 2.45) is 0 Å². The molecule has 1 aromatic carbocycles. The number of hydrogen-bond acceptors (Lipinski definition) is 3. The van der Waals surface area contributed by atoms with Crippen LogP contribution in [0.5, 0.6) is 0 Å². The van der Waals surface area contributed by atoms with Gasteiger partial charge < -0.3 is 4.90 Å². The summed E-state index contributed by atoms with van der Waals surface area (Å²) < 4.78 is 24.7. The van der Waals surface area contributed by atoms with Crippen molar-refractivity contribution in [1.82, 2.24) is 9.62 Å². The molecular weight excluding hydrogens is 224 g/mol. The van der Waals surface area contributed by atoms with Crippen molar-refractivity contribution >= 4 is 10.0 Å². The second-order valence-corrected chi connectivity index (χ2v) is 5.84. The van der Waals surface area contributed by atoms with Crippen LogP contribution >= 0.6 is 0 Å². The van der Waals surface area contributed by atoms with Crippen molar-refractivity contribution in [2.45, 2.75) is 6.04 Å². The number of hydrogen-bond donors (Lipinski definition) is 1. The minimum absolute atomic E-state index is 0.0518. The molecule has 0 amide bonds. The number of nitrogens with zero attached hydrogens (tertiary/aromatic N) is 1. The minimum atomic E-state index is -3.14. The van der Waals surface area contributed by atoms with E-state index in [9.17, 15) is 8.42 Å². The highest BCUT2D eigenvalue weighted by Gasteiger charge is 2.15. The van der Waals surface area contributed by atoms with E-state index in [2.05, 4.69) is 4.72 Å². The maximum atomic E-state index is 11.1. The highest BCUT2D eigenvalue weighted by atomic mass is 32.2. The Morgan fingerprint density at radius 1 is 1.25 bits per heavy atom. The summed E-state index contributed by atoms with van der Waals surface area (Å²) in [4.78, 5) is 1.99. The van der Waals surface area contributed by atoms with E-state index in [0.29, 0.717) is 6.54 Å². The van der Waals surface area contributed by atoms with E-state index < -0.39 is 10.0 Å². The smallest absolute Gasteiger partial charge is 0.208 e. The second kappa shape index (κ2) is 5.43. The summed E-state index contributed by atoms with van der Waals surface area (Å²) in [5, 5.41) is 0. The van der Waals surface area contributed by atoms with Gasteiger partial charge in [-0.2, -0.15) is 0 Å². The Bertz CT molecular complexity index is 415. The second-order valence-electron chi connectivity index (χ2n) is 4.01. The van der Waals surface area contributed by atoms with Crippen molar-refractivity contribution in [3.05, 3.63) is 35.9 Å². The molecule has 16 heavy (non-hydrogen) atoms. The van der Waals surface area contributed by atoms with Gasteiger partial charge in [-0.05, 0) is 19.7 Å². The molecule has 1 aromatic rings. The molecule has 0 aromatic heterocycles. The van der Waals surface area contributed by atoms with E-state index in [1.807, 2.05) is 49.3 Å². The molecule has 0 saturated heterocycles. The topological polar surface area (TPSA) is 49.4 Å². The van der Waals surface area contributed by atoms with E-state index in [1.165, 1.54) is 6.26 Å². The number of rotatable bonds is 5. The number of sulfonamides is 1. The molecule has 0 bridgehead atoms. The Morgan fingerprint density at radius 3 is 2.25 bits per heavy atom. The van der Waals surface area contributed by atoms with Crippen molar-refractivity contribution in [3.8, 4) is 0 Å². The third kappa shape index (κ3) is 4.30. The molecule has 0 aliphatic heterocycles. The first-order valence-electron chi connectivity index (χ1n) is 5.06. The third-order valence-electron chi connectivity index (χ3n) is 2.35. The van der Waals surface area contributed by atoms with Gasteiger partial charge in [-0.25, -0.2) is 13.1 Å². The molecular formula is C11H18N2O2S. The van der Waals surface area contributed by atoms with Crippen LogP contribution < -0.4 is 4.72 Å². The van der Waals surface area contributed by atoms with Crippen LogP contribution in [0.15, 0.2) is 30.3 Å². The van der Waals surface area contributed by atoms with Crippen LogP contribution in [0, 0.1) is 0 Å². The van der Waals surface area contributed by atoms with Crippen LogP contribution in [0.1, 0.15) is 11.6 Å². The zero-order valence-corrected chi connectivity index (χ0v) is 10.7. The van der Waals surface area contributed by atoms with Crippen molar-refractivity contribution < 1.29 is 8.42 Å². The van der Waals surface area contributed by atoms with Crippen molar-refractivity contribution in [1.29, 1.82) is 0 Å². The molecule has 1 N–H and O–H groups in total. The van der Waals surface area contributed by atoms with Gasteiger partial charge in [0.2, 0.25) is 10.0 Å². The third-order valence-corrected chi connectivity index (χ3v) is 3.04. The van der Waals surface area contributed by atoms with Gasteiger partial charge in [0, 0.05) is 12.6 Å². The fraction of sp³-hybridized carbons (Fsp3) is 0.455. The first-order chi connectivity index (χ1) is 7.40. The molecule has 0 aliphatic carbocycles. The standard InChI is InChI=1S/C11H18N2O2S/c1-13(2)11(9-12-16(3,14)15)10-7-5-4-6-8-10/h4-8,11-12H,9H2,1-3H3. The number of benzene rings is 1. The molecule has 90 valence electrons. The molecule has 0 aliphatic rings. The first-order valence-corrected chi connectivity index (χ1v) is 6.95. The van der Waals surface area contributed by atoms with Crippen LogP contribution in [0.25, 0.3) is 0 Å². The lowest BCUT2D eigenvalue weighted by atomic mass is 10.1. The molecule has 1 atom stereocenters. The van der Waals surface area contributed by atoms with E-state index in [0.717, 1.165) is 5.56 Å². The molecule has 4 nitrogen and oxygen atoms in total. The molecule has 1 unspecified atom stereocenters. The minimum Gasteiger partial charge on any atom is -0.301 e. The van der Waals surface area contributed by atoms with Gasteiger partial charge in [0.25, 0.3) is 0 Å². The fourth-order valence-electron chi connectivity index (χ4n) is 1.50. The van der Waals surface area contributed by atoms with Gasteiger partial charge in [-0.3, -0.25) is 0 Å². The Morgan fingerprint density at radius 2 is 1.81 bits per heavy atom. The van der Waals surface area contributed by atoms with E-state index in [1.54, 1.807) is 0 Å². The maximum absolute atomic E-state index is 11.1. The summed E-state index contributed by atoms with van der Waals surface area (Å²) in [7, 11) is 0.727. The molecule has 0 radical (unpaired) electrons. The van der Waals surface area contributed by atoms with Crippen LogP contribution in [0.2, 0.25) is 0 Å². The monoisotopic (exact) mass is 242 g/mol. The Kier molecular flexibility index (Phi) is 4.46. The Labute approximate surface area is 97.3 Å². The van der Waals surface area contributed by atoms with Gasteiger partial charge >= 0.3 is 0 Å².